The summed E-state index contributed by atoms with van der Waals surface area (Å²) in [4.78, 5) is 35.3. The molecule has 8 heteroatoms. The van der Waals surface area contributed by atoms with E-state index in [0.29, 0.717) is 39.1 Å². The number of likely N-dealkylation sites (tertiary alicyclic amines) is 1. The third-order valence-electron chi connectivity index (χ3n) is 7.77. The van der Waals surface area contributed by atoms with Crippen LogP contribution in [0, 0.1) is 5.41 Å². The molecule has 0 unspecified atom stereocenters. The van der Waals surface area contributed by atoms with Gasteiger partial charge in [0.1, 0.15) is 30.5 Å². The molecule has 1 fully saturated rings. The molecule has 0 N–H and O–H groups in total. The number of rotatable bonds is 3. The van der Waals surface area contributed by atoms with E-state index >= 15 is 0 Å². The fourth-order valence-corrected chi connectivity index (χ4v) is 5.47. The maximum atomic E-state index is 14.0. The number of ether oxygens (including phenoxy) is 1. The lowest BCUT2D eigenvalue weighted by atomic mass is 9.72. The maximum absolute atomic E-state index is 14.0. The van der Waals surface area contributed by atoms with Crippen molar-refractivity contribution in [1.82, 2.24) is 24.6 Å². The highest BCUT2D eigenvalue weighted by molar-refractivity contribution is 5.86. The minimum Gasteiger partial charge on any atom is -0.491 e. The molecular formula is C27H39N5O3. The van der Waals surface area contributed by atoms with Crippen LogP contribution < -0.4 is 4.74 Å². The summed E-state index contributed by atoms with van der Waals surface area (Å²) in [6, 6.07) is 8.32. The molecule has 1 spiro atoms. The van der Waals surface area contributed by atoms with Crippen LogP contribution in [0.25, 0.3) is 0 Å². The van der Waals surface area contributed by atoms with Crippen molar-refractivity contribution in [3.05, 3.63) is 42.5 Å². The molecule has 190 valence electrons. The van der Waals surface area contributed by atoms with Gasteiger partial charge in [0.2, 0.25) is 11.8 Å². The third kappa shape index (κ3) is 5.21. The number of carbonyl (C=O) groups excluding carboxylic acids is 2. The smallest absolute Gasteiger partial charge is 0.250 e. The van der Waals surface area contributed by atoms with E-state index in [1.807, 2.05) is 35.8 Å². The number of aromatic nitrogens is 3. The number of carbonyl (C=O) groups is 2. The number of hydrogen-bond donors (Lipinski definition) is 0. The number of aryl methyl sites for hydroxylation is 1. The van der Waals surface area contributed by atoms with Crippen molar-refractivity contribution in [1.29, 1.82) is 0 Å². The molecule has 1 saturated heterocycles. The Hall–Kier alpha value is -2.90. The summed E-state index contributed by atoms with van der Waals surface area (Å²) in [5.41, 5.74) is -0.0103. The zero-order valence-corrected chi connectivity index (χ0v) is 21.6. The van der Waals surface area contributed by atoms with E-state index in [0.717, 1.165) is 31.4 Å². The summed E-state index contributed by atoms with van der Waals surface area (Å²) in [6.45, 7) is 10.1. The van der Waals surface area contributed by atoms with E-state index in [4.69, 9.17) is 4.74 Å². The topological polar surface area (TPSA) is 80.6 Å². The van der Waals surface area contributed by atoms with Gasteiger partial charge in [-0.05, 0) is 71.4 Å². The Morgan fingerprint density at radius 2 is 1.83 bits per heavy atom. The van der Waals surface area contributed by atoms with Crippen LogP contribution in [0.2, 0.25) is 0 Å². The van der Waals surface area contributed by atoms with E-state index in [2.05, 4.69) is 36.1 Å². The average molecular weight is 482 g/mol. The first-order chi connectivity index (χ1) is 16.7. The lowest BCUT2D eigenvalue weighted by molar-refractivity contribution is -0.153. The summed E-state index contributed by atoms with van der Waals surface area (Å²) in [5.74, 6) is 1.16. The molecule has 2 aliphatic rings. The highest BCUT2D eigenvalue weighted by atomic mass is 16.5. The van der Waals surface area contributed by atoms with Crippen LogP contribution in [-0.2, 0) is 21.5 Å². The van der Waals surface area contributed by atoms with Crippen LogP contribution in [0.5, 0.6) is 5.75 Å². The molecule has 0 bridgehead atoms. The van der Waals surface area contributed by atoms with E-state index in [1.54, 1.807) is 11.0 Å². The summed E-state index contributed by atoms with van der Waals surface area (Å²) < 4.78 is 7.74. The van der Waals surface area contributed by atoms with Gasteiger partial charge in [0.15, 0.2) is 0 Å². The predicted molar refractivity (Wildman–Crippen MR) is 134 cm³/mol. The summed E-state index contributed by atoms with van der Waals surface area (Å²) in [7, 11) is 0. The normalized spacial score (nSPS) is 19.6. The van der Waals surface area contributed by atoms with Gasteiger partial charge in [-0.15, -0.1) is 0 Å². The van der Waals surface area contributed by atoms with Gasteiger partial charge >= 0.3 is 0 Å². The Bertz CT molecular complexity index is 1010. The molecule has 1 aromatic carbocycles. The monoisotopic (exact) mass is 481 g/mol. The van der Waals surface area contributed by atoms with Gasteiger partial charge in [0.05, 0.1) is 12.0 Å². The number of piperidine rings is 1. The predicted octanol–water partition coefficient (Wildman–Crippen LogP) is 3.66. The number of para-hydroxylation sites is 1. The molecule has 4 rings (SSSR count). The number of fused-ring (bicyclic) bond motifs is 1. The maximum Gasteiger partial charge on any atom is 0.250 e. The first-order valence-corrected chi connectivity index (χ1v) is 12.9. The van der Waals surface area contributed by atoms with E-state index < -0.39 is 11.0 Å². The average Bonchev–Trinajstić information content (AvgIpc) is 3.40. The van der Waals surface area contributed by atoms with Crippen LogP contribution >= 0.6 is 0 Å². The van der Waals surface area contributed by atoms with Crippen molar-refractivity contribution in [2.24, 2.45) is 5.41 Å². The molecule has 3 heterocycles. The van der Waals surface area contributed by atoms with Crippen molar-refractivity contribution in [2.45, 2.75) is 77.8 Å². The standard InChI is InChI=1S/C27H39N5O3/c1-21(2)31-17-18-35-23-11-6-5-9-22(23)10-7-8-12-27(25(31)34)13-15-30(16-14-27)24(33)26(3,4)32-20-28-19-29-32/h5-6,9,11,19-21H,7-8,10,12-18H2,1-4H3. The number of amides is 2. The van der Waals surface area contributed by atoms with Gasteiger partial charge in [-0.2, -0.15) is 5.10 Å². The molecule has 35 heavy (non-hydrogen) atoms. The quantitative estimate of drug-likeness (QED) is 0.668. The molecule has 1 aromatic heterocycles. The summed E-state index contributed by atoms with van der Waals surface area (Å²) in [5, 5.41) is 4.19. The van der Waals surface area contributed by atoms with Gasteiger partial charge in [0.25, 0.3) is 0 Å². The summed E-state index contributed by atoms with van der Waals surface area (Å²) >= 11 is 0. The fourth-order valence-electron chi connectivity index (χ4n) is 5.47. The second-order valence-electron chi connectivity index (χ2n) is 10.7. The minimum absolute atomic E-state index is 0.0178. The number of benzene rings is 1. The van der Waals surface area contributed by atoms with E-state index in [-0.39, 0.29) is 17.9 Å². The molecule has 2 aromatic rings. The highest BCUT2D eigenvalue weighted by Crippen LogP contribution is 2.40. The van der Waals surface area contributed by atoms with Crippen LogP contribution in [0.4, 0.5) is 0 Å². The number of hydrogen-bond acceptors (Lipinski definition) is 5. The Morgan fingerprint density at radius 1 is 1.09 bits per heavy atom. The molecular weight excluding hydrogens is 442 g/mol. The Kier molecular flexibility index (Phi) is 7.47. The van der Waals surface area contributed by atoms with Gasteiger partial charge in [-0.3, -0.25) is 9.59 Å². The van der Waals surface area contributed by atoms with E-state index in [9.17, 15) is 9.59 Å². The van der Waals surface area contributed by atoms with E-state index in [1.165, 1.54) is 11.9 Å². The van der Waals surface area contributed by atoms with Crippen LogP contribution in [-0.4, -0.2) is 68.7 Å². The molecule has 0 atom stereocenters. The van der Waals surface area contributed by atoms with Gasteiger partial charge in [0, 0.05) is 19.1 Å². The zero-order chi connectivity index (χ0) is 25.1. The SMILES string of the molecule is CC(C)N1CCOc2ccccc2CCCCC2(CCN(C(=O)C(C)(C)n3cncn3)CC2)C1=O. The lowest BCUT2D eigenvalue weighted by Crippen LogP contribution is -2.56. The third-order valence-corrected chi connectivity index (χ3v) is 7.77. The highest BCUT2D eigenvalue weighted by Gasteiger charge is 2.46. The van der Waals surface area contributed by atoms with Crippen molar-refractivity contribution in [2.75, 3.05) is 26.2 Å². The molecule has 2 aliphatic heterocycles. The lowest BCUT2D eigenvalue weighted by Gasteiger charge is -2.45. The summed E-state index contributed by atoms with van der Waals surface area (Å²) in [6.07, 6.45) is 8.20. The minimum atomic E-state index is -0.813. The largest absolute Gasteiger partial charge is 0.491 e. The number of nitrogens with zero attached hydrogens (tertiary/aromatic N) is 5. The van der Waals surface area contributed by atoms with Crippen molar-refractivity contribution in [3.63, 3.8) is 0 Å². The molecule has 8 nitrogen and oxygen atoms in total. The second-order valence-corrected chi connectivity index (χ2v) is 10.7. The van der Waals surface area contributed by atoms with Crippen LogP contribution in [0.1, 0.15) is 65.4 Å². The fraction of sp³-hybridized carbons (Fsp3) is 0.630. The zero-order valence-electron chi connectivity index (χ0n) is 21.6. The molecule has 0 radical (unpaired) electrons. The molecule has 2 amide bonds. The Morgan fingerprint density at radius 3 is 2.51 bits per heavy atom. The Balaban J connectivity index is 1.51. The Labute approximate surface area is 208 Å². The van der Waals surface area contributed by atoms with Crippen molar-refractivity contribution < 1.29 is 14.3 Å². The van der Waals surface area contributed by atoms with Crippen LogP contribution in [0.15, 0.2) is 36.9 Å². The molecule has 0 saturated carbocycles. The van der Waals surface area contributed by atoms with Gasteiger partial charge < -0.3 is 14.5 Å². The van der Waals surface area contributed by atoms with Crippen LogP contribution in [0.3, 0.4) is 0 Å². The van der Waals surface area contributed by atoms with Gasteiger partial charge in [-0.1, -0.05) is 24.6 Å². The molecule has 0 aliphatic carbocycles. The van der Waals surface area contributed by atoms with Crippen molar-refractivity contribution in [3.8, 4) is 5.75 Å². The second kappa shape index (κ2) is 10.4. The first-order valence-electron chi connectivity index (χ1n) is 12.9. The first kappa shape index (κ1) is 25.2. The van der Waals surface area contributed by atoms with Gasteiger partial charge in [-0.25, -0.2) is 9.67 Å². The van der Waals surface area contributed by atoms with Crippen molar-refractivity contribution >= 4 is 11.8 Å².